The first-order valence-electron chi connectivity index (χ1n) is 6.09. The van der Waals surface area contributed by atoms with Crippen LogP contribution in [0.15, 0.2) is 12.4 Å². The topological polar surface area (TPSA) is 73.6 Å². The zero-order chi connectivity index (χ0) is 11.9. The van der Waals surface area contributed by atoms with Gasteiger partial charge in [0.15, 0.2) is 6.19 Å². The average molecular weight is 231 g/mol. The van der Waals surface area contributed by atoms with Crippen LogP contribution in [0.5, 0.6) is 0 Å². The lowest BCUT2D eigenvalue weighted by molar-refractivity contribution is 0.518. The van der Waals surface area contributed by atoms with Gasteiger partial charge in [-0.25, -0.2) is 9.97 Å². The van der Waals surface area contributed by atoms with Crippen LogP contribution in [0.25, 0.3) is 0 Å². The van der Waals surface area contributed by atoms with Gasteiger partial charge in [-0.15, -0.1) is 0 Å². The van der Waals surface area contributed by atoms with Crippen molar-refractivity contribution in [3.63, 3.8) is 0 Å². The lowest BCUT2D eigenvalue weighted by Crippen LogP contribution is -2.08. The second kappa shape index (κ2) is 6.04. The molecule has 0 atom stereocenters. The van der Waals surface area contributed by atoms with Crippen LogP contribution >= 0.6 is 0 Å². The maximum atomic E-state index is 8.49. The smallest absolute Gasteiger partial charge is 0.182 e. The van der Waals surface area contributed by atoms with Crippen molar-refractivity contribution in [3.05, 3.63) is 12.4 Å². The van der Waals surface area contributed by atoms with Crippen molar-refractivity contribution in [3.8, 4) is 6.19 Å². The minimum atomic E-state index is 0.533. The van der Waals surface area contributed by atoms with E-state index in [1.54, 1.807) is 6.07 Å². The summed E-state index contributed by atoms with van der Waals surface area (Å²) < 4.78 is 0. The van der Waals surface area contributed by atoms with E-state index in [0.29, 0.717) is 5.82 Å². The predicted octanol–water partition coefficient (Wildman–Crippen LogP) is 2.36. The fraction of sp³-hybridized carbons (Fsp3) is 0.583. The van der Waals surface area contributed by atoms with Crippen molar-refractivity contribution in [2.45, 2.75) is 32.1 Å². The largest absolute Gasteiger partial charge is 0.370 e. The number of nitrogens with zero attached hydrogens (tertiary/aromatic N) is 3. The highest BCUT2D eigenvalue weighted by Crippen LogP contribution is 2.27. The highest BCUT2D eigenvalue weighted by atomic mass is 15.1. The number of nitriles is 1. The van der Waals surface area contributed by atoms with Gasteiger partial charge in [-0.1, -0.05) is 25.7 Å². The van der Waals surface area contributed by atoms with Crippen LogP contribution in [-0.4, -0.2) is 16.5 Å². The van der Waals surface area contributed by atoms with E-state index in [4.69, 9.17) is 5.26 Å². The summed E-state index contributed by atoms with van der Waals surface area (Å²) in [7, 11) is 0. The highest BCUT2D eigenvalue weighted by molar-refractivity contribution is 5.48. The summed E-state index contributed by atoms with van der Waals surface area (Å²) in [6.45, 7) is 0.938. The Hall–Kier alpha value is -1.83. The van der Waals surface area contributed by atoms with Gasteiger partial charge in [0.05, 0.1) is 0 Å². The Kier molecular flexibility index (Phi) is 4.14. The first-order valence-corrected chi connectivity index (χ1v) is 6.09. The molecule has 2 rings (SSSR count). The van der Waals surface area contributed by atoms with Gasteiger partial charge in [0.25, 0.3) is 0 Å². The van der Waals surface area contributed by atoms with E-state index >= 15 is 0 Å². The van der Waals surface area contributed by atoms with E-state index in [1.807, 2.05) is 6.19 Å². The molecule has 0 amide bonds. The number of aromatic nitrogens is 2. The minimum absolute atomic E-state index is 0.533. The summed E-state index contributed by atoms with van der Waals surface area (Å²) in [5, 5.41) is 14.3. The number of nitrogens with one attached hydrogen (secondary N) is 2. The van der Waals surface area contributed by atoms with Gasteiger partial charge in [0.1, 0.15) is 18.0 Å². The van der Waals surface area contributed by atoms with Crippen molar-refractivity contribution >= 4 is 11.6 Å². The standard InChI is InChI=1S/C12H17N5/c13-8-15-12-7-11(16-9-17-12)14-6-5-10-3-1-2-4-10/h7,9-10H,1-6H2,(H2,14,15,16,17). The third-order valence-electron chi connectivity index (χ3n) is 3.18. The van der Waals surface area contributed by atoms with Gasteiger partial charge in [-0.05, 0) is 12.3 Å². The summed E-state index contributed by atoms with van der Waals surface area (Å²) in [6.07, 6.45) is 10.0. The minimum Gasteiger partial charge on any atom is -0.370 e. The van der Waals surface area contributed by atoms with Crippen LogP contribution < -0.4 is 10.6 Å². The Bertz CT molecular complexity index is 392. The summed E-state index contributed by atoms with van der Waals surface area (Å²) in [4.78, 5) is 8.04. The molecule has 2 N–H and O–H groups in total. The molecule has 1 aliphatic rings. The molecule has 0 radical (unpaired) electrons. The van der Waals surface area contributed by atoms with Crippen molar-refractivity contribution in [1.29, 1.82) is 5.26 Å². The van der Waals surface area contributed by atoms with Crippen molar-refractivity contribution < 1.29 is 0 Å². The Morgan fingerprint density at radius 1 is 1.29 bits per heavy atom. The van der Waals surface area contributed by atoms with Gasteiger partial charge in [-0.2, -0.15) is 5.26 Å². The summed E-state index contributed by atoms with van der Waals surface area (Å²) >= 11 is 0. The van der Waals surface area contributed by atoms with Crippen molar-refractivity contribution in [1.82, 2.24) is 9.97 Å². The summed E-state index contributed by atoms with van der Waals surface area (Å²) in [5.41, 5.74) is 0. The average Bonchev–Trinajstić information content (AvgIpc) is 2.83. The second-order valence-corrected chi connectivity index (χ2v) is 4.39. The summed E-state index contributed by atoms with van der Waals surface area (Å²) in [6, 6.07) is 1.75. The molecule has 90 valence electrons. The molecule has 1 aromatic heterocycles. The Morgan fingerprint density at radius 3 is 2.82 bits per heavy atom. The Balaban J connectivity index is 1.77. The van der Waals surface area contributed by atoms with Crippen molar-refractivity contribution in [2.75, 3.05) is 17.2 Å². The fourth-order valence-corrected chi connectivity index (χ4v) is 2.28. The van der Waals surface area contributed by atoms with Crippen LogP contribution in [0, 0.1) is 17.4 Å². The van der Waals surface area contributed by atoms with E-state index in [0.717, 1.165) is 18.3 Å². The van der Waals surface area contributed by atoms with Gasteiger partial charge in [-0.3, -0.25) is 5.32 Å². The third kappa shape index (κ3) is 3.59. The molecule has 0 aliphatic heterocycles. The van der Waals surface area contributed by atoms with E-state index in [1.165, 1.54) is 38.4 Å². The van der Waals surface area contributed by atoms with E-state index in [2.05, 4.69) is 20.6 Å². The van der Waals surface area contributed by atoms with E-state index in [9.17, 15) is 0 Å². The van der Waals surface area contributed by atoms with Crippen LogP contribution in [0.1, 0.15) is 32.1 Å². The zero-order valence-electron chi connectivity index (χ0n) is 9.82. The maximum absolute atomic E-state index is 8.49. The molecule has 1 saturated carbocycles. The molecule has 1 aromatic rings. The Morgan fingerprint density at radius 2 is 2.06 bits per heavy atom. The van der Waals surface area contributed by atoms with Gasteiger partial charge < -0.3 is 5.32 Å². The van der Waals surface area contributed by atoms with Crippen LogP contribution in [-0.2, 0) is 0 Å². The molecular formula is C12H17N5. The molecule has 0 aromatic carbocycles. The molecule has 0 saturated heterocycles. The third-order valence-corrected chi connectivity index (χ3v) is 3.18. The second-order valence-electron chi connectivity index (χ2n) is 4.39. The molecular weight excluding hydrogens is 214 g/mol. The molecule has 0 bridgehead atoms. The molecule has 1 heterocycles. The predicted molar refractivity (Wildman–Crippen MR) is 66.3 cm³/mol. The molecule has 0 unspecified atom stereocenters. The molecule has 5 heteroatoms. The van der Waals surface area contributed by atoms with Crippen LogP contribution in [0.2, 0.25) is 0 Å². The lowest BCUT2D eigenvalue weighted by atomic mass is 10.0. The first kappa shape index (κ1) is 11.6. The number of hydrogen-bond acceptors (Lipinski definition) is 5. The molecule has 1 fully saturated rings. The van der Waals surface area contributed by atoms with Crippen molar-refractivity contribution in [2.24, 2.45) is 5.92 Å². The van der Waals surface area contributed by atoms with Gasteiger partial charge >= 0.3 is 0 Å². The van der Waals surface area contributed by atoms with Crippen LogP contribution in [0.4, 0.5) is 11.6 Å². The zero-order valence-corrected chi connectivity index (χ0v) is 9.82. The van der Waals surface area contributed by atoms with E-state index in [-0.39, 0.29) is 0 Å². The van der Waals surface area contributed by atoms with Gasteiger partial charge in [0, 0.05) is 12.6 Å². The number of anilines is 2. The fourth-order valence-electron chi connectivity index (χ4n) is 2.28. The molecule has 1 aliphatic carbocycles. The van der Waals surface area contributed by atoms with Gasteiger partial charge in [0.2, 0.25) is 0 Å². The monoisotopic (exact) mass is 231 g/mol. The first-order chi connectivity index (χ1) is 8.38. The Labute approximate surface area is 101 Å². The molecule has 0 spiro atoms. The van der Waals surface area contributed by atoms with Crippen LogP contribution in [0.3, 0.4) is 0 Å². The van der Waals surface area contributed by atoms with E-state index < -0.39 is 0 Å². The normalized spacial score (nSPS) is 15.5. The number of rotatable bonds is 5. The quantitative estimate of drug-likeness (QED) is 0.601. The SMILES string of the molecule is N#CNc1cc(NCCC2CCCC2)ncn1. The lowest BCUT2D eigenvalue weighted by Gasteiger charge is -2.10. The molecule has 5 nitrogen and oxygen atoms in total. The highest BCUT2D eigenvalue weighted by Gasteiger charge is 2.14. The maximum Gasteiger partial charge on any atom is 0.182 e. The molecule has 17 heavy (non-hydrogen) atoms. The summed E-state index contributed by atoms with van der Waals surface area (Å²) in [5.74, 6) is 2.18. The number of hydrogen-bond donors (Lipinski definition) is 2.